The van der Waals surface area contributed by atoms with Crippen molar-refractivity contribution in [1.82, 2.24) is 0 Å². The van der Waals surface area contributed by atoms with Crippen LogP contribution in [0.1, 0.15) is 0 Å². The molecule has 0 fully saturated rings. The van der Waals surface area contributed by atoms with Crippen molar-refractivity contribution in [3.63, 3.8) is 0 Å². The van der Waals surface area contributed by atoms with Crippen molar-refractivity contribution in [3.05, 3.63) is 53.6 Å². The molecule has 0 saturated carbocycles. The average Bonchev–Trinajstić information content (AvgIpc) is 2.65. The predicted molar refractivity (Wildman–Crippen MR) is 101 cm³/mol. The van der Waals surface area contributed by atoms with E-state index < -0.39 is 10.0 Å². The fraction of sp³-hybridized carbons (Fsp3) is 0.111. The second-order valence-corrected chi connectivity index (χ2v) is 7.51. The lowest BCUT2D eigenvalue weighted by atomic mass is 10.1. The second kappa shape index (κ2) is 6.93. The Labute approximate surface area is 156 Å². The minimum absolute atomic E-state index is 0.00317. The van der Waals surface area contributed by atoms with Crippen LogP contribution in [-0.4, -0.2) is 27.7 Å². The molecule has 0 aliphatic rings. The van der Waals surface area contributed by atoms with Crippen LogP contribution in [0, 0.1) is 0 Å². The van der Waals surface area contributed by atoms with Gasteiger partial charge in [-0.05, 0) is 18.2 Å². The van der Waals surface area contributed by atoms with Gasteiger partial charge in [-0.15, -0.1) is 0 Å². The third-order valence-corrected chi connectivity index (χ3v) is 5.53. The van der Waals surface area contributed by atoms with Crippen LogP contribution in [0.2, 0.25) is 5.02 Å². The number of benzene rings is 3. The fourth-order valence-electron chi connectivity index (χ4n) is 2.60. The van der Waals surface area contributed by atoms with Gasteiger partial charge < -0.3 is 14.6 Å². The van der Waals surface area contributed by atoms with E-state index in [2.05, 4.69) is 4.72 Å². The summed E-state index contributed by atoms with van der Waals surface area (Å²) in [6.45, 7) is 0. The lowest BCUT2D eigenvalue weighted by molar-refractivity contribution is 0.354. The number of hydrogen-bond acceptors (Lipinski definition) is 5. The zero-order chi connectivity index (χ0) is 18.9. The summed E-state index contributed by atoms with van der Waals surface area (Å²) in [6, 6.07) is 12.5. The first-order valence-electron chi connectivity index (χ1n) is 7.52. The number of hydrogen-bond donors (Lipinski definition) is 2. The monoisotopic (exact) mass is 393 g/mol. The second-order valence-electron chi connectivity index (χ2n) is 5.42. The van der Waals surface area contributed by atoms with Gasteiger partial charge in [0.05, 0.1) is 29.8 Å². The van der Waals surface area contributed by atoms with E-state index in [1.165, 1.54) is 38.5 Å². The number of ether oxygens (including phenoxy) is 2. The molecule has 3 aromatic carbocycles. The van der Waals surface area contributed by atoms with E-state index in [0.717, 1.165) is 0 Å². The van der Waals surface area contributed by atoms with Crippen LogP contribution >= 0.6 is 11.6 Å². The van der Waals surface area contributed by atoms with Crippen molar-refractivity contribution in [3.8, 4) is 17.2 Å². The molecule has 0 saturated heterocycles. The Bertz CT molecular complexity index is 1080. The van der Waals surface area contributed by atoms with Crippen LogP contribution in [-0.2, 0) is 10.0 Å². The van der Waals surface area contributed by atoms with E-state index in [-0.39, 0.29) is 21.4 Å². The van der Waals surface area contributed by atoms with Crippen LogP contribution in [0.5, 0.6) is 17.2 Å². The number of phenols is 1. The van der Waals surface area contributed by atoms with Crippen LogP contribution in [0.3, 0.4) is 0 Å². The molecule has 0 aliphatic heterocycles. The van der Waals surface area contributed by atoms with Crippen LogP contribution < -0.4 is 14.2 Å². The highest BCUT2D eigenvalue weighted by Crippen LogP contribution is 2.38. The van der Waals surface area contributed by atoms with Gasteiger partial charge in [-0.2, -0.15) is 0 Å². The van der Waals surface area contributed by atoms with Crippen LogP contribution in [0.25, 0.3) is 10.8 Å². The Morgan fingerprint density at radius 3 is 2.27 bits per heavy atom. The van der Waals surface area contributed by atoms with E-state index in [1.54, 1.807) is 24.3 Å². The van der Waals surface area contributed by atoms with Gasteiger partial charge in [0.1, 0.15) is 5.75 Å². The number of phenolic OH excluding ortho intramolecular Hbond substituents is 1. The molecular weight excluding hydrogens is 378 g/mol. The smallest absolute Gasteiger partial charge is 0.262 e. The summed E-state index contributed by atoms with van der Waals surface area (Å²) in [6.07, 6.45) is 0. The summed E-state index contributed by atoms with van der Waals surface area (Å²) in [4.78, 5) is 0.00317. The Hall–Kier alpha value is -2.64. The van der Waals surface area contributed by atoms with Crippen molar-refractivity contribution in [2.24, 2.45) is 0 Å². The number of nitrogens with one attached hydrogen (secondary N) is 1. The molecule has 0 aromatic heterocycles. The van der Waals surface area contributed by atoms with Gasteiger partial charge >= 0.3 is 0 Å². The van der Waals surface area contributed by atoms with Gasteiger partial charge in [0, 0.05) is 16.8 Å². The summed E-state index contributed by atoms with van der Waals surface area (Å²) in [7, 11) is -1.03. The molecule has 0 spiro atoms. The SMILES string of the molecule is COc1ccc(S(=O)(=O)Nc2cc(Cl)c(O)c3ccccc23)cc1OC. The molecule has 8 heteroatoms. The lowest BCUT2D eigenvalue weighted by Crippen LogP contribution is -2.13. The third-order valence-electron chi connectivity index (χ3n) is 3.88. The van der Waals surface area contributed by atoms with Crippen molar-refractivity contribution in [2.75, 3.05) is 18.9 Å². The van der Waals surface area contributed by atoms with Crippen molar-refractivity contribution in [1.29, 1.82) is 0 Å². The maximum absolute atomic E-state index is 12.8. The fourth-order valence-corrected chi connectivity index (χ4v) is 3.89. The molecule has 2 N–H and O–H groups in total. The summed E-state index contributed by atoms with van der Waals surface area (Å²) in [5.41, 5.74) is 0.262. The number of aromatic hydroxyl groups is 1. The van der Waals surface area contributed by atoms with Gasteiger partial charge in [-0.3, -0.25) is 4.72 Å². The minimum atomic E-state index is -3.92. The predicted octanol–water partition coefficient (Wildman–Crippen LogP) is 4.02. The highest BCUT2D eigenvalue weighted by molar-refractivity contribution is 7.92. The van der Waals surface area contributed by atoms with E-state index in [1.807, 2.05) is 0 Å². The first-order chi connectivity index (χ1) is 12.4. The van der Waals surface area contributed by atoms with Gasteiger partial charge in [0.25, 0.3) is 10.0 Å². The molecule has 26 heavy (non-hydrogen) atoms. The summed E-state index contributed by atoms with van der Waals surface area (Å²) >= 11 is 6.03. The highest BCUT2D eigenvalue weighted by atomic mass is 35.5. The Balaban J connectivity index is 2.09. The maximum Gasteiger partial charge on any atom is 0.262 e. The molecule has 0 aliphatic carbocycles. The van der Waals surface area contributed by atoms with Gasteiger partial charge in [0.15, 0.2) is 11.5 Å². The Morgan fingerprint density at radius 2 is 1.62 bits per heavy atom. The molecule has 0 amide bonds. The van der Waals surface area contributed by atoms with E-state index in [9.17, 15) is 13.5 Å². The molecule has 0 heterocycles. The quantitative estimate of drug-likeness (QED) is 0.639. The molecule has 0 atom stereocenters. The standard InChI is InChI=1S/C18H16ClNO5S/c1-24-16-8-7-11(9-17(16)25-2)26(22,23)20-15-10-14(19)18(21)13-6-4-3-5-12(13)15/h3-10,20-21H,1-2H3. The normalized spacial score (nSPS) is 11.3. The molecule has 136 valence electrons. The topological polar surface area (TPSA) is 84.9 Å². The Morgan fingerprint density at radius 1 is 0.962 bits per heavy atom. The summed E-state index contributed by atoms with van der Waals surface area (Å²) < 4.78 is 38.4. The molecule has 3 aromatic rings. The van der Waals surface area contributed by atoms with Crippen molar-refractivity contribution in [2.45, 2.75) is 4.90 Å². The number of methoxy groups -OCH3 is 2. The van der Waals surface area contributed by atoms with Crippen LogP contribution in [0.4, 0.5) is 5.69 Å². The maximum atomic E-state index is 12.8. The van der Waals surface area contributed by atoms with Crippen molar-refractivity contribution < 1.29 is 23.0 Å². The number of fused-ring (bicyclic) bond motifs is 1. The number of sulfonamides is 1. The van der Waals surface area contributed by atoms with Crippen LogP contribution in [0.15, 0.2) is 53.4 Å². The first-order valence-corrected chi connectivity index (χ1v) is 9.38. The van der Waals surface area contributed by atoms with E-state index in [0.29, 0.717) is 22.3 Å². The molecule has 3 rings (SSSR count). The lowest BCUT2D eigenvalue weighted by Gasteiger charge is -2.14. The number of halogens is 1. The minimum Gasteiger partial charge on any atom is -0.506 e. The Kier molecular flexibility index (Phi) is 4.84. The summed E-state index contributed by atoms with van der Waals surface area (Å²) in [5, 5.41) is 11.1. The van der Waals surface area contributed by atoms with Gasteiger partial charge in [-0.1, -0.05) is 35.9 Å². The zero-order valence-electron chi connectivity index (χ0n) is 14.0. The van der Waals surface area contributed by atoms with E-state index in [4.69, 9.17) is 21.1 Å². The highest BCUT2D eigenvalue weighted by Gasteiger charge is 2.20. The summed E-state index contributed by atoms with van der Waals surface area (Å²) in [5.74, 6) is 0.616. The molecule has 0 radical (unpaired) electrons. The molecule has 0 unspecified atom stereocenters. The molecule has 6 nitrogen and oxygen atoms in total. The average molecular weight is 394 g/mol. The largest absolute Gasteiger partial charge is 0.506 e. The van der Waals surface area contributed by atoms with Gasteiger partial charge in [0.2, 0.25) is 0 Å². The first kappa shape index (κ1) is 18.2. The number of rotatable bonds is 5. The number of anilines is 1. The zero-order valence-corrected chi connectivity index (χ0v) is 15.6. The van der Waals surface area contributed by atoms with Gasteiger partial charge in [-0.25, -0.2) is 8.42 Å². The molecular formula is C18H16ClNO5S. The van der Waals surface area contributed by atoms with Crippen molar-refractivity contribution >= 4 is 38.1 Å². The van der Waals surface area contributed by atoms with E-state index >= 15 is 0 Å². The third kappa shape index (κ3) is 3.23. The molecule has 0 bridgehead atoms.